The molecular formula is C16H31NO3. The molecule has 0 amide bonds. The summed E-state index contributed by atoms with van der Waals surface area (Å²) in [5, 5.41) is 12.3. The van der Waals surface area contributed by atoms with E-state index in [1.54, 1.807) is 6.92 Å². The molecule has 0 radical (unpaired) electrons. The van der Waals surface area contributed by atoms with E-state index in [2.05, 4.69) is 12.2 Å². The van der Waals surface area contributed by atoms with Crippen LogP contribution in [0, 0.1) is 5.92 Å². The Bertz CT molecular complexity index is 295. The summed E-state index contributed by atoms with van der Waals surface area (Å²) < 4.78 is 5.96. The van der Waals surface area contributed by atoms with Gasteiger partial charge in [0.15, 0.2) is 0 Å². The summed E-state index contributed by atoms with van der Waals surface area (Å²) in [6.07, 6.45) is 7.98. The van der Waals surface area contributed by atoms with Crippen LogP contribution in [0.1, 0.15) is 65.7 Å². The third kappa shape index (κ3) is 5.41. The topological polar surface area (TPSA) is 58.6 Å². The van der Waals surface area contributed by atoms with E-state index in [4.69, 9.17) is 4.74 Å². The lowest BCUT2D eigenvalue weighted by molar-refractivity contribution is -0.144. The highest BCUT2D eigenvalue weighted by Crippen LogP contribution is 2.26. The molecule has 0 heterocycles. The van der Waals surface area contributed by atoms with E-state index in [9.17, 15) is 9.90 Å². The van der Waals surface area contributed by atoms with Crippen molar-refractivity contribution < 1.29 is 14.6 Å². The number of aliphatic carboxylic acids is 1. The Morgan fingerprint density at radius 2 is 2.05 bits per heavy atom. The maximum absolute atomic E-state index is 11.3. The predicted molar refractivity (Wildman–Crippen MR) is 80.9 cm³/mol. The summed E-state index contributed by atoms with van der Waals surface area (Å²) in [7, 11) is 0. The Morgan fingerprint density at radius 1 is 1.35 bits per heavy atom. The van der Waals surface area contributed by atoms with Crippen molar-refractivity contribution in [2.75, 3.05) is 13.2 Å². The van der Waals surface area contributed by atoms with Gasteiger partial charge >= 0.3 is 5.97 Å². The number of likely N-dealkylation sites (N-methyl/N-ethyl adjacent to an activating group) is 1. The SMILES string of the molecule is CCNC(C)(CCCCOC1CCCCC1C)C(=O)O. The van der Waals surface area contributed by atoms with Gasteiger partial charge in [-0.3, -0.25) is 4.79 Å². The zero-order valence-electron chi connectivity index (χ0n) is 13.3. The Balaban J connectivity index is 2.18. The van der Waals surface area contributed by atoms with Gasteiger partial charge in [0, 0.05) is 6.61 Å². The zero-order chi connectivity index (χ0) is 15.0. The second-order valence-corrected chi connectivity index (χ2v) is 6.30. The van der Waals surface area contributed by atoms with Crippen molar-refractivity contribution in [1.29, 1.82) is 0 Å². The predicted octanol–water partition coefficient (Wildman–Crippen LogP) is 3.20. The first kappa shape index (κ1) is 17.4. The van der Waals surface area contributed by atoms with Crippen LogP contribution in [0.25, 0.3) is 0 Å². The minimum atomic E-state index is -0.799. The molecule has 0 bridgehead atoms. The van der Waals surface area contributed by atoms with Gasteiger partial charge in [-0.2, -0.15) is 0 Å². The summed E-state index contributed by atoms with van der Waals surface area (Å²) in [5.74, 6) is -0.0871. The maximum Gasteiger partial charge on any atom is 0.323 e. The van der Waals surface area contributed by atoms with Gasteiger partial charge in [-0.15, -0.1) is 0 Å². The fourth-order valence-corrected chi connectivity index (χ4v) is 3.01. The van der Waals surface area contributed by atoms with Gasteiger partial charge in [-0.25, -0.2) is 0 Å². The monoisotopic (exact) mass is 285 g/mol. The molecule has 0 spiro atoms. The van der Waals surface area contributed by atoms with Crippen LogP contribution < -0.4 is 5.32 Å². The number of nitrogens with one attached hydrogen (secondary N) is 1. The second kappa shape index (κ2) is 8.63. The molecule has 20 heavy (non-hydrogen) atoms. The molecular weight excluding hydrogens is 254 g/mol. The molecule has 0 aromatic carbocycles. The highest BCUT2D eigenvalue weighted by Gasteiger charge is 2.31. The molecule has 0 aromatic heterocycles. The number of hydrogen-bond donors (Lipinski definition) is 2. The highest BCUT2D eigenvalue weighted by molar-refractivity contribution is 5.78. The van der Waals surface area contributed by atoms with Crippen LogP contribution >= 0.6 is 0 Å². The fraction of sp³-hybridized carbons (Fsp3) is 0.938. The van der Waals surface area contributed by atoms with E-state index in [-0.39, 0.29) is 0 Å². The van der Waals surface area contributed by atoms with E-state index >= 15 is 0 Å². The minimum Gasteiger partial charge on any atom is -0.480 e. The minimum absolute atomic E-state index is 0.420. The van der Waals surface area contributed by atoms with Crippen molar-refractivity contribution in [1.82, 2.24) is 5.32 Å². The van der Waals surface area contributed by atoms with E-state index < -0.39 is 11.5 Å². The third-order valence-electron chi connectivity index (χ3n) is 4.47. The summed E-state index contributed by atoms with van der Waals surface area (Å²) in [6, 6.07) is 0. The van der Waals surface area contributed by atoms with Gasteiger partial charge < -0.3 is 15.2 Å². The first-order chi connectivity index (χ1) is 9.49. The lowest BCUT2D eigenvalue weighted by atomic mass is 9.88. The largest absolute Gasteiger partial charge is 0.480 e. The first-order valence-corrected chi connectivity index (χ1v) is 8.09. The fourth-order valence-electron chi connectivity index (χ4n) is 3.01. The number of unbranched alkanes of at least 4 members (excludes halogenated alkanes) is 1. The van der Waals surface area contributed by atoms with Crippen molar-refractivity contribution in [2.45, 2.75) is 77.4 Å². The van der Waals surface area contributed by atoms with Crippen molar-refractivity contribution in [2.24, 2.45) is 5.92 Å². The van der Waals surface area contributed by atoms with Crippen LogP contribution in [0.2, 0.25) is 0 Å². The lowest BCUT2D eigenvalue weighted by Gasteiger charge is -2.29. The van der Waals surface area contributed by atoms with Gasteiger partial charge in [-0.05, 0) is 51.5 Å². The average Bonchev–Trinajstić information content (AvgIpc) is 2.40. The van der Waals surface area contributed by atoms with Crippen LogP contribution in [0.15, 0.2) is 0 Å². The molecule has 2 N–H and O–H groups in total. The molecule has 3 atom stereocenters. The number of ether oxygens (including phenoxy) is 1. The number of hydrogen-bond acceptors (Lipinski definition) is 3. The maximum atomic E-state index is 11.3. The van der Waals surface area contributed by atoms with Crippen molar-refractivity contribution in [3.63, 3.8) is 0 Å². The molecule has 3 unspecified atom stereocenters. The second-order valence-electron chi connectivity index (χ2n) is 6.30. The lowest BCUT2D eigenvalue weighted by Crippen LogP contribution is -2.49. The normalized spacial score (nSPS) is 26.1. The standard InChI is InChI=1S/C16H31NO3/c1-4-17-16(3,15(18)19)11-7-8-12-20-14-10-6-5-9-13(14)2/h13-14,17H,4-12H2,1-3H3,(H,18,19). The van der Waals surface area contributed by atoms with Crippen LogP contribution in [-0.4, -0.2) is 35.9 Å². The van der Waals surface area contributed by atoms with Crippen LogP contribution in [0.5, 0.6) is 0 Å². The van der Waals surface area contributed by atoms with Crippen molar-refractivity contribution >= 4 is 5.97 Å². The molecule has 1 fully saturated rings. The van der Waals surface area contributed by atoms with E-state index in [1.807, 2.05) is 6.92 Å². The summed E-state index contributed by atoms with van der Waals surface area (Å²) in [4.78, 5) is 11.3. The number of carboxylic acid groups (broad SMARTS) is 1. The summed E-state index contributed by atoms with van der Waals surface area (Å²) in [6.45, 7) is 7.42. The van der Waals surface area contributed by atoms with E-state index in [1.165, 1.54) is 25.7 Å². The smallest absolute Gasteiger partial charge is 0.323 e. The molecule has 0 aromatic rings. The number of rotatable bonds is 9. The molecule has 118 valence electrons. The van der Waals surface area contributed by atoms with Crippen molar-refractivity contribution in [3.8, 4) is 0 Å². The zero-order valence-corrected chi connectivity index (χ0v) is 13.3. The summed E-state index contributed by atoms with van der Waals surface area (Å²) >= 11 is 0. The van der Waals surface area contributed by atoms with Gasteiger partial charge in [0.25, 0.3) is 0 Å². The van der Waals surface area contributed by atoms with Gasteiger partial charge in [0.1, 0.15) is 5.54 Å². The third-order valence-corrected chi connectivity index (χ3v) is 4.47. The molecule has 1 aliphatic rings. The Hall–Kier alpha value is -0.610. The molecule has 4 nitrogen and oxygen atoms in total. The quantitative estimate of drug-likeness (QED) is 0.639. The average molecular weight is 285 g/mol. The molecule has 4 heteroatoms. The van der Waals surface area contributed by atoms with Crippen molar-refractivity contribution in [3.05, 3.63) is 0 Å². The molecule has 1 rings (SSSR count). The van der Waals surface area contributed by atoms with Gasteiger partial charge in [-0.1, -0.05) is 26.7 Å². The Labute approximate surface area is 123 Å². The Kier molecular flexibility index (Phi) is 7.52. The van der Waals surface area contributed by atoms with E-state index in [0.29, 0.717) is 25.0 Å². The van der Waals surface area contributed by atoms with Crippen LogP contribution in [0.4, 0.5) is 0 Å². The summed E-state index contributed by atoms with van der Waals surface area (Å²) in [5.41, 5.74) is -0.799. The van der Waals surface area contributed by atoms with Crippen LogP contribution in [-0.2, 0) is 9.53 Å². The number of carboxylic acids is 1. The molecule has 0 saturated heterocycles. The first-order valence-electron chi connectivity index (χ1n) is 8.09. The van der Waals surface area contributed by atoms with Gasteiger partial charge in [0.05, 0.1) is 6.10 Å². The molecule has 1 aliphatic carbocycles. The molecule has 0 aliphatic heterocycles. The molecule has 1 saturated carbocycles. The number of carbonyl (C=O) groups is 1. The van der Waals surface area contributed by atoms with E-state index in [0.717, 1.165) is 19.4 Å². The van der Waals surface area contributed by atoms with Crippen LogP contribution in [0.3, 0.4) is 0 Å². The Morgan fingerprint density at radius 3 is 2.65 bits per heavy atom. The van der Waals surface area contributed by atoms with Gasteiger partial charge in [0.2, 0.25) is 0 Å². The highest BCUT2D eigenvalue weighted by atomic mass is 16.5.